The van der Waals surface area contributed by atoms with E-state index in [9.17, 15) is 5.11 Å². The first-order valence-corrected chi connectivity index (χ1v) is 8.52. The number of nitrogens with zero attached hydrogens (tertiary/aromatic N) is 2. The van der Waals surface area contributed by atoms with Crippen molar-refractivity contribution in [2.75, 3.05) is 5.32 Å². The van der Waals surface area contributed by atoms with Gasteiger partial charge in [0.05, 0.1) is 11.4 Å². The van der Waals surface area contributed by atoms with Crippen LogP contribution < -0.4 is 5.32 Å². The molecule has 2 aromatic heterocycles. The second-order valence-electron chi connectivity index (χ2n) is 6.29. The van der Waals surface area contributed by atoms with Crippen LogP contribution in [0, 0.1) is 6.92 Å². The van der Waals surface area contributed by atoms with Crippen LogP contribution in [0.1, 0.15) is 11.3 Å². The van der Waals surface area contributed by atoms with Gasteiger partial charge in [0.25, 0.3) is 0 Å². The van der Waals surface area contributed by atoms with Crippen LogP contribution in [0.25, 0.3) is 21.9 Å². The van der Waals surface area contributed by atoms with Gasteiger partial charge in [-0.05, 0) is 36.1 Å². The molecule has 2 heterocycles. The molecule has 0 aliphatic rings. The predicted octanol–water partition coefficient (Wildman–Crippen LogP) is 4.92. The molecule has 4 heteroatoms. The predicted molar refractivity (Wildman–Crippen MR) is 105 cm³/mol. The summed E-state index contributed by atoms with van der Waals surface area (Å²) < 4.78 is 0. The second kappa shape index (κ2) is 6.84. The molecule has 26 heavy (non-hydrogen) atoms. The van der Waals surface area contributed by atoms with Crippen LogP contribution in [-0.2, 0) is 6.54 Å². The highest BCUT2D eigenvalue weighted by Crippen LogP contribution is 2.29. The van der Waals surface area contributed by atoms with E-state index in [2.05, 4.69) is 33.5 Å². The third kappa shape index (κ3) is 3.22. The standard InChI is InChI=1S/C22H19N3O/c1-15-22(25-11-16-5-4-7-19(26)9-16)10-18(13-24-15)21-14-23-12-17-6-2-3-8-20(17)21/h2-10,12-14,25-26H,11H2,1H3. The Bertz CT molecular complexity index is 1070. The molecule has 4 nitrogen and oxygen atoms in total. The van der Waals surface area contributed by atoms with Gasteiger partial charge in [-0.15, -0.1) is 0 Å². The molecule has 128 valence electrons. The summed E-state index contributed by atoms with van der Waals surface area (Å²) in [6.45, 7) is 2.60. The highest BCUT2D eigenvalue weighted by Gasteiger charge is 2.08. The van der Waals surface area contributed by atoms with E-state index in [0.29, 0.717) is 6.54 Å². The molecule has 0 amide bonds. The molecule has 4 aromatic rings. The number of pyridine rings is 2. The normalized spacial score (nSPS) is 10.8. The van der Waals surface area contributed by atoms with Crippen LogP contribution in [0.2, 0.25) is 0 Å². The third-order valence-electron chi connectivity index (χ3n) is 4.46. The van der Waals surface area contributed by atoms with E-state index in [-0.39, 0.29) is 5.75 Å². The van der Waals surface area contributed by atoms with Crippen molar-refractivity contribution in [2.45, 2.75) is 13.5 Å². The molecule has 0 aliphatic heterocycles. The number of aryl methyl sites for hydroxylation is 1. The maximum atomic E-state index is 9.61. The van der Waals surface area contributed by atoms with Gasteiger partial charge in [-0.2, -0.15) is 0 Å². The van der Waals surface area contributed by atoms with Crippen molar-refractivity contribution < 1.29 is 5.11 Å². The fourth-order valence-electron chi connectivity index (χ4n) is 3.07. The Balaban J connectivity index is 1.67. The van der Waals surface area contributed by atoms with Crippen molar-refractivity contribution in [3.05, 3.63) is 84.4 Å². The Morgan fingerprint density at radius 3 is 2.73 bits per heavy atom. The zero-order valence-corrected chi connectivity index (χ0v) is 14.5. The Morgan fingerprint density at radius 2 is 1.85 bits per heavy atom. The van der Waals surface area contributed by atoms with Gasteiger partial charge in [0, 0.05) is 41.6 Å². The highest BCUT2D eigenvalue weighted by molar-refractivity contribution is 5.96. The van der Waals surface area contributed by atoms with E-state index >= 15 is 0 Å². The van der Waals surface area contributed by atoms with Crippen LogP contribution in [0.5, 0.6) is 5.75 Å². The maximum absolute atomic E-state index is 9.61. The fourth-order valence-corrected chi connectivity index (χ4v) is 3.07. The van der Waals surface area contributed by atoms with Crippen LogP contribution in [-0.4, -0.2) is 15.1 Å². The van der Waals surface area contributed by atoms with Crippen molar-refractivity contribution in [3.63, 3.8) is 0 Å². The molecule has 0 atom stereocenters. The average molecular weight is 341 g/mol. The molecule has 2 N–H and O–H groups in total. The van der Waals surface area contributed by atoms with E-state index in [4.69, 9.17) is 0 Å². The van der Waals surface area contributed by atoms with Crippen LogP contribution in [0.3, 0.4) is 0 Å². The number of anilines is 1. The number of nitrogens with one attached hydrogen (secondary N) is 1. The molecule has 0 fully saturated rings. The summed E-state index contributed by atoms with van der Waals surface area (Å²) in [5, 5.41) is 15.3. The number of rotatable bonds is 4. The Labute approximate surface area is 152 Å². The van der Waals surface area contributed by atoms with E-state index in [1.165, 1.54) is 0 Å². The Kier molecular flexibility index (Phi) is 4.23. The Hall–Kier alpha value is -3.40. The van der Waals surface area contributed by atoms with Gasteiger partial charge in [0.2, 0.25) is 0 Å². The summed E-state index contributed by atoms with van der Waals surface area (Å²) in [5.41, 5.74) is 5.01. The molecule has 0 spiro atoms. The minimum atomic E-state index is 0.273. The van der Waals surface area contributed by atoms with Gasteiger partial charge < -0.3 is 10.4 Å². The summed E-state index contributed by atoms with van der Waals surface area (Å²) in [4.78, 5) is 8.92. The fraction of sp³-hybridized carbons (Fsp3) is 0.0909. The number of aromatic nitrogens is 2. The summed E-state index contributed by atoms with van der Waals surface area (Å²) in [5.74, 6) is 0.273. The van der Waals surface area contributed by atoms with Crippen LogP contribution in [0.4, 0.5) is 5.69 Å². The number of hydrogen-bond donors (Lipinski definition) is 2. The lowest BCUT2D eigenvalue weighted by molar-refractivity contribution is 0.474. The molecule has 0 radical (unpaired) electrons. The molecule has 0 unspecified atom stereocenters. The van der Waals surface area contributed by atoms with Crippen LogP contribution in [0.15, 0.2) is 73.2 Å². The van der Waals surface area contributed by atoms with Gasteiger partial charge in [0.1, 0.15) is 5.75 Å². The molecule has 0 saturated heterocycles. The first-order valence-electron chi connectivity index (χ1n) is 8.52. The molecule has 0 bridgehead atoms. The number of benzene rings is 2. The largest absolute Gasteiger partial charge is 0.508 e. The van der Waals surface area contributed by atoms with E-state index in [0.717, 1.165) is 38.8 Å². The molecule has 0 saturated carbocycles. The molecule has 0 aliphatic carbocycles. The van der Waals surface area contributed by atoms with E-state index in [1.807, 2.05) is 49.8 Å². The topological polar surface area (TPSA) is 58.0 Å². The van der Waals surface area contributed by atoms with Crippen molar-refractivity contribution in [2.24, 2.45) is 0 Å². The molecular weight excluding hydrogens is 322 g/mol. The second-order valence-corrected chi connectivity index (χ2v) is 6.29. The van der Waals surface area contributed by atoms with Gasteiger partial charge >= 0.3 is 0 Å². The minimum Gasteiger partial charge on any atom is -0.508 e. The zero-order valence-electron chi connectivity index (χ0n) is 14.5. The summed E-state index contributed by atoms with van der Waals surface area (Å²) in [7, 11) is 0. The van der Waals surface area contributed by atoms with E-state index < -0.39 is 0 Å². The van der Waals surface area contributed by atoms with Crippen molar-refractivity contribution in [1.82, 2.24) is 9.97 Å². The SMILES string of the molecule is Cc1ncc(-c2cncc3ccccc23)cc1NCc1cccc(O)c1. The lowest BCUT2D eigenvalue weighted by Crippen LogP contribution is -2.02. The summed E-state index contributed by atoms with van der Waals surface area (Å²) in [6.07, 6.45) is 5.65. The summed E-state index contributed by atoms with van der Waals surface area (Å²) in [6, 6.07) is 17.6. The lowest BCUT2D eigenvalue weighted by Gasteiger charge is -2.12. The molecule has 4 rings (SSSR count). The van der Waals surface area contributed by atoms with Crippen LogP contribution >= 0.6 is 0 Å². The molecule has 2 aromatic carbocycles. The van der Waals surface area contributed by atoms with Gasteiger partial charge in [-0.25, -0.2) is 0 Å². The van der Waals surface area contributed by atoms with Gasteiger partial charge in [0.15, 0.2) is 0 Å². The monoisotopic (exact) mass is 341 g/mol. The van der Waals surface area contributed by atoms with Crippen molar-refractivity contribution in [1.29, 1.82) is 0 Å². The number of phenols is 1. The highest BCUT2D eigenvalue weighted by atomic mass is 16.3. The smallest absolute Gasteiger partial charge is 0.115 e. The van der Waals surface area contributed by atoms with Crippen molar-refractivity contribution >= 4 is 16.5 Å². The number of phenolic OH excluding ortho intramolecular Hbond substituents is 1. The first-order chi connectivity index (χ1) is 12.7. The molecular formula is C22H19N3O. The quantitative estimate of drug-likeness (QED) is 0.553. The van der Waals surface area contributed by atoms with Crippen molar-refractivity contribution in [3.8, 4) is 16.9 Å². The maximum Gasteiger partial charge on any atom is 0.115 e. The minimum absolute atomic E-state index is 0.273. The number of aromatic hydroxyl groups is 1. The first kappa shape index (κ1) is 16.1. The summed E-state index contributed by atoms with van der Waals surface area (Å²) >= 11 is 0. The lowest BCUT2D eigenvalue weighted by atomic mass is 10.0. The van der Waals surface area contributed by atoms with E-state index in [1.54, 1.807) is 12.1 Å². The third-order valence-corrected chi connectivity index (χ3v) is 4.46. The zero-order chi connectivity index (χ0) is 17.9. The van der Waals surface area contributed by atoms with Gasteiger partial charge in [-0.3, -0.25) is 9.97 Å². The van der Waals surface area contributed by atoms with Gasteiger partial charge in [-0.1, -0.05) is 36.4 Å². The Morgan fingerprint density at radius 1 is 0.962 bits per heavy atom. The average Bonchev–Trinajstić information content (AvgIpc) is 2.67. The number of hydrogen-bond acceptors (Lipinski definition) is 4. The number of fused-ring (bicyclic) bond motifs is 1.